The van der Waals surface area contributed by atoms with Crippen LogP contribution in [0.2, 0.25) is 0 Å². The predicted molar refractivity (Wildman–Crippen MR) is 79.4 cm³/mol. The standard InChI is InChI=1S/C15H18N2OS/c1-11-5-3-6-12(9-11)15(13-7-4-8-19-13)17-14(18)10-16-2/h3-9,15-16H,10H2,1-2H3,(H,17,18)/t15-/m0/s1. The van der Waals surface area contributed by atoms with Gasteiger partial charge in [0.1, 0.15) is 0 Å². The van der Waals surface area contributed by atoms with Gasteiger partial charge in [0.05, 0.1) is 12.6 Å². The van der Waals surface area contributed by atoms with Crippen LogP contribution >= 0.6 is 11.3 Å². The van der Waals surface area contributed by atoms with Crippen LogP contribution < -0.4 is 10.6 Å². The predicted octanol–water partition coefficient (Wildman–Crippen LogP) is 2.48. The molecule has 100 valence electrons. The van der Waals surface area contributed by atoms with Crippen LogP contribution in [0.15, 0.2) is 41.8 Å². The number of hydrogen-bond acceptors (Lipinski definition) is 3. The lowest BCUT2D eigenvalue weighted by Gasteiger charge is -2.18. The molecule has 0 aliphatic rings. The first kappa shape index (κ1) is 13.8. The molecule has 2 rings (SSSR count). The molecule has 0 saturated carbocycles. The number of rotatable bonds is 5. The molecular weight excluding hydrogens is 256 g/mol. The lowest BCUT2D eigenvalue weighted by atomic mass is 10.0. The quantitative estimate of drug-likeness (QED) is 0.879. The normalized spacial score (nSPS) is 12.1. The summed E-state index contributed by atoms with van der Waals surface area (Å²) in [6.07, 6.45) is 0. The topological polar surface area (TPSA) is 41.1 Å². The van der Waals surface area contributed by atoms with Gasteiger partial charge in [-0.2, -0.15) is 0 Å². The van der Waals surface area contributed by atoms with Crippen LogP contribution in [0.25, 0.3) is 0 Å². The summed E-state index contributed by atoms with van der Waals surface area (Å²) in [6, 6.07) is 12.2. The van der Waals surface area contributed by atoms with E-state index in [-0.39, 0.29) is 11.9 Å². The van der Waals surface area contributed by atoms with Crippen LogP contribution in [0, 0.1) is 6.92 Å². The second-order valence-corrected chi connectivity index (χ2v) is 5.44. The minimum Gasteiger partial charge on any atom is -0.343 e. The fourth-order valence-corrected chi connectivity index (χ4v) is 2.80. The highest BCUT2D eigenvalue weighted by molar-refractivity contribution is 7.10. The summed E-state index contributed by atoms with van der Waals surface area (Å²) < 4.78 is 0. The molecule has 1 atom stereocenters. The number of carbonyl (C=O) groups is 1. The summed E-state index contributed by atoms with van der Waals surface area (Å²) in [5, 5.41) is 7.98. The molecule has 0 aliphatic heterocycles. The monoisotopic (exact) mass is 274 g/mol. The van der Waals surface area contributed by atoms with Crippen molar-refractivity contribution in [1.82, 2.24) is 10.6 Å². The van der Waals surface area contributed by atoms with Crippen molar-refractivity contribution in [3.05, 3.63) is 57.8 Å². The summed E-state index contributed by atoms with van der Waals surface area (Å²) >= 11 is 1.66. The van der Waals surface area contributed by atoms with Gasteiger partial charge >= 0.3 is 0 Å². The van der Waals surface area contributed by atoms with Gasteiger partial charge in [0.25, 0.3) is 0 Å². The molecule has 0 spiro atoms. The van der Waals surface area contributed by atoms with E-state index in [4.69, 9.17) is 0 Å². The van der Waals surface area contributed by atoms with Crippen molar-refractivity contribution in [2.45, 2.75) is 13.0 Å². The Morgan fingerprint density at radius 1 is 1.32 bits per heavy atom. The van der Waals surface area contributed by atoms with Crippen LogP contribution in [-0.4, -0.2) is 19.5 Å². The lowest BCUT2D eigenvalue weighted by Crippen LogP contribution is -2.35. The average Bonchev–Trinajstić information content (AvgIpc) is 2.90. The number of amides is 1. The first-order valence-corrected chi connectivity index (χ1v) is 7.12. The molecule has 0 fully saturated rings. The van der Waals surface area contributed by atoms with Crippen LogP contribution in [0.4, 0.5) is 0 Å². The summed E-state index contributed by atoms with van der Waals surface area (Å²) in [5.41, 5.74) is 2.31. The Labute approximate surface area is 117 Å². The minimum atomic E-state index is -0.0688. The Bertz CT molecular complexity index is 537. The Morgan fingerprint density at radius 3 is 2.79 bits per heavy atom. The minimum absolute atomic E-state index is 0.00223. The van der Waals surface area contributed by atoms with E-state index in [2.05, 4.69) is 41.8 Å². The molecule has 1 heterocycles. The maximum atomic E-state index is 11.8. The Hall–Kier alpha value is -1.65. The van der Waals surface area contributed by atoms with E-state index in [1.54, 1.807) is 18.4 Å². The van der Waals surface area contributed by atoms with Crippen LogP contribution in [-0.2, 0) is 4.79 Å². The van der Waals surface area contributed by atoms with E-state index >= 15 is 0 Å². The van der Waals surface area contributed by atoms with E-state index in [9.17, 15) is 4.79 Å². The van der Waals surface area contributed by atoms with E-state index in [0.29, 0.717) is 6.54 Å². The van der Waals surface area contributed by atoms with Gasteiger partial charge in [-0.15, -0.1) is 11.3 Å². The second kappa shape index (κ2) is 6.50. The molecule has 2 N–H and O–H groups in total. The molecule has 1 aromatic carbocycles. The second-order valence-electron chi connectivity index (χ2n) is 4.46. The molecule has 2 aromatic rings. The maximum absolute atomic E-state index is 11.8. The van der Waals surface area contributed by atoms with Crippen molar-refractivity contribution in [3.8, 4) is 0 Å². The molecular formula is C15H18N2OS. The molecule has 0 unspecified atom stereocenters. The molecule has 1 amide bonds. The van der Waals surface area contributed by atoms with Gasteiger partial charge in [-0.05, 0) is 31.0 Å². The Balaban J connectivity index is 2.27. The highest BCUT2D eigenvalue weighted by Crippen LogP contribution is 2.26. The number of carbonyl (C=O) groups excluding carboxylic acids is 1. The number of aryl methyl sites for hydroxylation is 1. The van der Waals surface area contributed by atoms with Gasteiger partial charge < -0.3 is 10.6 Å². The molecule has 19 heavy (non-hydrogen) atoms. The lowest BCUT2D eigenvalue weighted by molar-refractivity contribution is -0.120. The zero-order valence-corrected chi connectivity index (χ0v) is 12.0. The van der Waals surface area contributed by atoms with E-state index in [0.717, 1.165) is 10.4 Å². The average molecular weight is 274 g/mol. The number of thiophene rings is 1. The van der Waals surface area contributed by atoms with Crippen LogP contribution in [0.1, 0.15) is 22.0 Å². The van der Waals surface area contributed by atoms with Crippen molar-refractivity contribution in [2.75, 3.05) is 13.6 Å². The zero-order valence-electron chi connectivity index (χ0n) is 11.1. The molecule has 0 bridgehead atoms. The Morgan fingerprint density at radius 2 is 2.16 bits per heavy atom. The highest BCUT2D eigenvalue weighted by atomic mass is 32.1. The summed E-state index contributed by atoms with van der Waals surface area (Å²) in [7, 11) is 1.77. The number of nitrogens with one attached hydrogen (secondary N) is 2. The molecule has 0 saturated heterocycles. The first-order chi connectivity index (χ1) is 9.20. The fraction of sp³-hybridized carbons (Fsp3) is 0.267. The molecule has 3 nitrogen and oxygen atoms in total. The van der Waals surface area contributed by atoms with E-state index < -0.39 is 0 Å². The van der Waals surface area contributed by atoms with E-state index in [1.165, 1.54) is 5.56 Å². The third kappa shape index (κ3) is 3.66. The SMILES string of the molecule is CNCC(=O)N[C@@H](c1cccc(C)c1)c1cccs1. The van der Waals surface area contributed by atoms with Gasteiger partial charge in [-0.3, -0.25) is 4.79 Å². The molecule has 4 heteroatoms. The van der Waals surface area contributed by atoms with Crippen molar-refractivity contribution < 1.29 is 4.79 Å². The van der Waals surface area contributed by atoms with Crippen molar-refractivity contribution >= 4 is 17.2 Å². The van der Waals surface area contributed by atoms with Gasteiger partial charge in [0.2, 0.25) is 5.91 Å². The number of benzene rings is 1. The van der Waals surface area contributed by atoms with Crippen molar-refractivity contribution in [3.63, 3.8) is 0 Å². The van der Waals surface area contributed by atoms with Crippen molar-refractivity contribution in [2.24, 2.45) is 0 Å². The summed E-state index contributed by atoms with van der Waals surface area (Å²) in [6.45, 7) is 2.39. The van der Waals surface area contributed by atoms with Crippen LogP contribution in [0.5, 0.6) is 0 Å². The van der Waals surface area contributed by atoms with Gasteiger partial charge in [0.15, 0.2) is 0 Å². The molecule has 0 aliphatic carbocycles. The smallest absolute Gasteiger partial charge is 0.234 e. The van der Waals surface area contributed by atoms with Gasteiger partial charge in [-0.25, -0.2) is 0 Å². The first-order valence-electron chi connectivity index (χ1n) is 6.24. The largest absolute Gasteiger partial charge is 0.343 e. The fourth-order valence-electron chi connectivity index (χ4n) is 2.00. The van der Waals surface area contributed by atoms with Crippen molar-refractivity contribution in [1.29, 1.82) is 0 Å². The van der Waals surface area contributed by atoms with Gasteiger partial charge in [-0.1, -0.05) is 35.9 Å². The molecule has 0 radical (unpaired) electrons. The highest BCUT2D eigenvalue weighted by Gasteiger charge is 2.17. The third-order valence-electron chi connectivity index (χ3n) is 2.85. The number of likely N-dealkylation sites (N-methyl/N-ethyl adjacent to an activating group) is 1. The zero-order chi connectivity index (χ0) is 13.7. The van der Waals surface area contributed by atoms with Gasteiger partial charge in [0, 0.05) is 4.88 Å². The molecule has 1 aromatic heterocycles. The maximum Gasteiger partial charge on any atom is 0.234 e. The third-order valence-corrected chi connectivity index (χ3v) is 3.78. The Kier molecular flexibility index (Phi) is 4.71. The number of hydrogen-bond donors (Lipinski definition) is 2. The van der Waals surface area contributed by atoms with Crippen LogP contribution in [0.3, 0.4) is 0 Å². The summed E-state index contributed by atoms with van der Waals surface area (Å²) in [4.78, 5) is 13.0. The van der Waals surface area contributed by atoms with E-state index in [1.807, 2.05) is 17.5 Å². The summed E-state index contributed by atoms with van der Waals surface area (Å²) in [5.74, 6) is 0.00223.